The Morgan fingerprint density at radius 3 is 2.58 bits per heavy atom. The van der Waals surface area contributed by atoms with Gasteiger partial charge in [0.15, 0.2) is 0 Å². The lowest BCUT2D eigenvalue weighted by molar-refractivity contribution is 0.0633. The van der Waals surface area contributed by atoms with Crippen LogP contribution in [0, 0.1) is 17.2 Å². The first kappa shape index (κ1) is 17.5. The number of hydrogen-bond donors (Lipinski definition) is 2. The molecule has 0 atom stereocenters. The number of carbonyl (C=O) groups excluding carboxylic acids is 1. The zero-order chi connectivity index (χ0) is 18.3. The number of benzene rings is 1. The van der Waals surface area contributed by atoms with E-state index in [-0.39, 0.29) is 12.0 Å². The average molecular weight is 358 g/mol. The number of halogens is 1. The summed E-state index contributed by atoms with van der Waals surface area (Å²) in [6.07, 6.45) is 8.67. The van der Waals surface area contributed by atoms with Crippen LogP contribution < -0.4 is 5.73 Å². The van der Waals surface area contributed by atoms with Gasteiger partial charge in [-0.15, -0.1) is 0 Å². The second-order valence-corrected chi connectivity index (χ2v) is 8.21. The molecule has 0 unspecified atom stereocenters. The van der Waals surface area contributed by atoms with Crippen molar-refractivity contribution in [2.24, 2.45) is 17.1 Å². The Hall–Kier alpha value is -1.88. The van der Waals surface area contributed by atoms with E-state index < -0.39 is 11.7 Å². The molecule has 3 N–H and O–H groups in total. The van der Waals surface area contributed by atoms with E-state index >= 15 is 0 Å². The van der Waals surface area contributed by atoms with Crippen LogP contribution in [-0.4, -0.2) is 22.2 Å². The number of aryl methyl sites for hydroxylation is 1. The lowest BCUT2D eigenvalue weighted by Crippen LogP contribution is -2.36. The number of nitrogens with zero attached hydrogens (tertiary/aromatic N) is 1. The van der Waals surface area contributed by atoms with Gasteiger partial charge in [-0.2, -0.15) is 0 Å². The summed E-state index contributed by atoms with van der Waals surface area (Å²) in [6, 6.07) is 4.91. The number of nitrogens with two attached hydrogens (primary N) is 1. The van der Waals surface area contributed by atoms with Crippen LogP contribution in [0.5, 0.6) is 0 Å². The van der Waals surface area contributed by atoms with Crippen molar-refractivity contribution in [3.63, 3.8) is 0 Å². The van der Waals surface area contributed by atoms with Crippen molar-refractivity contribution in [1.82, 2.24) is 4.57 Å². The highest BCUT2D eigenvalue weighted by Crippen LogP contribution is 2.52. The minimum absolute atomic E-state index is 0.0627. The number of carbonyl (C=O) groups is 1. The quantitative estimate of drug-likeness (QED) is 0.825. The highest BCUT2D eigenvalue weighted by atomic mass is 19.1. The number of rotatable bonds is 6. The molecule has 1 amide bonds. The van der Waals surface area contributed by atoms with E-state index in [9.17, 15) is 14.3 Å². The van der Waals surface area contributed by atoms with Crippen molar-refractivity contribution >= 4 is 16.8 Å². The molecule has 0 spiro atoms. The summed E-state index contributed by atoms with van der Waals surface area (Å²) in [5.41, 5.74) is 7.86. The van der Waals surface area contributed by atoms with Gasteiger partial charge in [-0.1, -0.05) is 6.07 Å². The summed E-state index contributed by atoms with van der Waals surface area (Å²) < 4.78 is 16.6. The fourth-order valence-electron chi connectivity index (χ4n) is 5.30. The average Bonchev–Trinajstić information content (AvgIpc) is 2.95. The lowest BCUT2D eigenvalue weighted by atomic mass is 9.59. The maximum Gasteiger partial charge on any atom is 0.251 e. The van der Waals surface area contributed by atoms with Gasteiger partial charge >= 0.3 is 0 Å². The van der Waals surface area contributed by atoms with Crippen LogP contribution in [0.15, 0.2) is 18.2 Å². The van der Waals surface area contributed by atoms with Gasteiger partial charge in [0.25, 0.3) is 5.91 Å². The summed E-state index contributed by atoms with van der Waals surface area (Å²) >= 11 is 0. The molecule has 3 aliphatic rings. The molecule has 2 aromatic rings. The maximum absolute atomic E-state index is 14.6. The first-order valence-electron chi connectivity index (χ1n) is 9.75. The molecule has 5 heteroatoms. The van der Waals surface area contributed by atoms with Crippen LogP contribution in [0.2, 0.25) is 0 Å². The van der Waals surface area contributed by atoms with E-state index in [2.05, 4.69) is 0 Å². The Morgan fingerprint density at radius 1 is 1.27 bits per heavy atom. The van der Waals surface area contributed by atoms with E-state index in [4.69, 9.17) is 5.73 Å². The Bertz CT molecular complexity index is 820. The first-order valence-corrected chi connectivity index (χ1v) is 9.75. The summed E-state index contributed by atoms with van der Waals surface area (Å²) in [5.74, 6) is -0.0888. The Balaban J connectivity index is 1.86. The summed E-state index contributed by atoms with van der Waals surface area (Å²) in [7, 11) is 0. The molecule has 3 saturated carbocycles. The fraction of sp³-hybridized carbons (Fsp3) is 0.571. The maximum atomic E-state index is 14.6. The highest BCUT2D eigenvalue weighted by molar-refractivity contribution is 6.08. The van der Waals surface area contributed by atoms with Crippen LogP contribution in [0.4, 0.5) is 4.39 Å². The standard InChI is InChI=1S/C21H27FN2O2/c22-15-3-1-4-16-18(15)19(20(23)26)17(24(16)11-2-12-25)13-21-8-5-14(6-9-21)7-10-21/h1,3-4,14,25H,2,5-13H2,(H2,23,26). The van der Waals surface area contributed by atoms with Gasteiger partial charge in [-0.05, 0) is 74.8 Å². The van der Waals surface area contributed by atoms with Crippen molar-refractivity contribution in [1.29, 1.82) is 0 Å². The molecule has 0 radical (unpaired) electrons. The van der Waals surface area contributed by atoms with Gasteiger partial charge in [0.2, 0.25) is 0 Å². The third kappa shape index (κ3) is 2.82. The molecule has 3 aliphatic carbocycles. The monoisotopic (exact) mass is 358 g/mol. The van der Waals surface area contributed by atoms with E-state index in [0.717, 1.165) is 18.0 Å². The third-order valence-corrected chi connectivity index (χ3v) is 6.72. The van der Waals surface area contributed by atoms with E-state index in [1.54, 1.807) is 6.07 Å². The fourth-order valence-corrected chi connectivity index (χ4v) is 5.30. The SMILES string of the molecule is NC(=O)c1c(CC23CCC(CC2)CC3)n(CCCO)c2cccc(F)c12. The second-order valence-electron chi connectivity index (χ2n) is 8.21. The Kier molecular flexibility index (Phi) is 4.51. The first-order chi connectivity index (χ1) is 12.5. The smallest absolute Gasteiger partial charge is 0.251 e. The molecule has 2 bridgehead atoms. The number of primary amides is 1. The van der Waals surface area contributed by atoms with Gasteiger partial charge in [-0.3, -0.25) is 4.79 Å². The second kappa shape index (κ2) is 6.69. The van der Waals surface area contributed by atoms with Crippen LogP contribution in [0.3, 0.4) is 0 Å². The van der Waals surface area contributed by atoms with E-state index in [1.807, 2.05) is 10.6 Å². The molecule has 5 rings (SSSR count). The normalized spacial score (nSPS) is 25.1. The van der Waals surface area contributed by atoms with Crippen molar-refractivity contribution in [2.75, 3.05) is 6.61 Å². The van der Waals surface area contributed by atoms with Crippen molar-refractivity contribution in [3.05, 3.63) is 35.3 Å². The summed E-state index contributed by atoms with van der Waals surface area (Å²) in [5, 5.41) is 9.65. The molecule has 4 nitrogen and oxygen atoms in total. The minimum Gasteiger partial charge on any atom is -0.396 e. The van der Waals surface area contributed by atoms with Gasteiger partial charge in [-0.25, -0.2) is 4.39 Å². The van der Waals surface area contributed by atoms with Crippen LogP contribution in [0.1, 0.15) is 61.0 Å². The van der Waals surface area contributed by atoms with Crippen LogP contribution in [-0.2, 0) is 13.0 Å². The molecule has 1 aromatic carbocycles. The summed E-state index contributed by atoms with van der Waals surface area (Å²) in [4.78, 5) is 12.3. The van der Waals surface area contributed by atoms with Gasteiger partial charge < -0.3 is 15.4 Å². The number of aromatic nitrogens is 1. The third-order valence-electron chi connectivity index (χ3n) is 6.72. The number of hydrogen-bond acceptors (Lipinski definition) is 2. The zero-order valence-electron chi connectivity index (χ0n) is 15.1. The molecule has 140 valence electrons. The Labute approximate surface area is 153 Å². The van der Waals surface area contributed by atoms with Crippen LogP contribution >= 0.6 is 0 Å². The minimum atomic E-state index is -0.557. The molecular formula is C21H27FN2O2. The largest absolute Gasteiger partial charge is 0.396 e. The number of aliphatic hydroxyl groups is 1. The molecule has 1 heterocycles. The van der Waals surface area contributed by atoms with Crippen LogP contribution in [0.25, 0.3) is 10.9 Å². The van der Waals surface area contributed by atoms with Gasteiger partial charge in [0.05, 0.1) is 11.1 Å². The molecule has 3 fully saturated rings. The summed E-state index contributed by atoms with van der Waals surface area (Å²) in [6.45, 7) is 0.630. The van der Waals surface area contributed by atoms with E-state index in [0.29, 0.717) is 29.4 Å². The predicted octanol–water partition coefficient (Wildman–Crippen LogP) is 3.77. The van der Waals surface area contributed by atoms with Gasteiger partial charge in [0.1, 0.15) is 5.82 Å². The number of aliphatic hydroxyl groups excluding tert-OH is 1. The zero-order valence-corrected chi connectivity index (χ0v) is 15.1. The van der Waals surface area contributed by atoms with E-state index in [1.165, 1.54) is 44.6 Å². The van der Waals surface area contributed by atoms with Crippen molar-refractivity contribution in [3.8, 4) is 0 Å². The predicted molar refractivity (Wildman–Crippen MR) is 99.4 cm³/mol. The highest BCUT2D eigenvalue weighted by Gasteiger charge is 2.42. The lowest BCUT2D eigenvalue weighted by Gasteiger charge is -2.47. The topological polar surface area (TPSA) is 68.2 Å². The molecule has 26 heavy (non-hydrogen) atoms. The molecule has 1 aromatic heterocycles. The number of fused-ring (bicyclic) bond motifs is 4. The molecule has 0 saturated heterocycles. The van der Waals surface area contributed by atoms with Crippen molar-refractivity contribution in [2.45, 2.75) is 57.9 Å². The van der Waals surface area contributed by atoms with Crippen molar-refractivity contribution < 1.29 is 14.3 Å². The molecular weight excluding hydrogens is 331 g/mol. The number of amides is 1. The molecule has 0 aliphatic heterocycles. The Morgan fingerprint density at radius 2 is 1.96 bits per heavy atom. The van der Waals surface area contributed by atoms with Gasteiger partial charge in [0, 0.05) is 24.2 Å².